The van der Waals surface area contributed by atoms with Gasteiger partial charge in [-0.25, -0.2) is 0 Å². The molecule has 7 atom stereocenters. The molecule has 3 aliphatic rings. The van der Waals surface area contributed by atoms with E-state index in [-0.39, 0.29) is 42.6 Å². The second-order valence-corrected chi connectivity index (χ2v) is 15.1. The first-order valence-corrected chi connectivity index (χ1v) is 17.1. The number of primary amides is 1. The van der Waals surface area contributed by atoms with Gasteiger partial charge in [-0.15, -0.1) is 0 Å². The number of carbonyl (C=O) groups excluding carboxylic acids is 6. The maximum absolute atomic E-state index is 14.6. The second-order valence-electron chi connectivity index (χ2n) is 15.1. The number of methoxy groups -OCH3 is 1. The number of nitrogens with two attached hydrogens (primary N) is 1. The summed E-state index contributed by atoms with van der Waals surface area (Å²) in [6.07, 6.45) is -0.0872. The fourth-order valence-corrected chi connectivity index (χ4v) is 9.10. The van der Waals surface area contributed by atoms with Gasteiger partial charge in [0.1, 0.15) is 17.5 Å². The summed E-state index contributed by atoms with van der Waals surface area (Å²) in [5.41, 5.74) is 1.82. The average Bonchev–Trinajstić information content (AvgIpc) is 3.02. The number of ketones is 4. The van der Waals surface area contributed by atoms with Crippen LogP contribution in [0.2, 0.25) is 0 Å². The minimum atomic E-state index is -2.89. The molecule has 0 radical (unpaired) electrons. The predicted molar refractivity (Wildman–Crippen MR) is 185 cm³/mol. The van der Waals surface area contributed by atoms with Gasteiger partial charge in [0, 0.05) is 17.5 Å². The zero-order valence-electron chi connectivity index (χ0n) is 30.3. The molecule has 5 rings (SSSR count). The second kappa shape index (κ2) is 13.3. The van der Waals surface area contributed by atoms with E-state index < -0.39 is 69.4 Å². The van der Waals surface area contributed by atoms with E-state index in [0.29, 0.717) is 29.0 Å². The van der Waals surface area contributed by atoms with Gasteiger partial charge in [-0.1, -0.05) is 39.8 Å². The molecular formula is C38H47N3O10. The third kappa shape index (κ3) is 5.66. The van der Waals surface area contributed by atoms with Gasteiger partial charge in [0.15, 0.2) is 34.7 Å². The topological polar surface area (TPSA) is 203 Å². The molecule has 3 aliphatic carbocycles. The summed E-state index contributed by atoms with van der Waals surface area (Å²) in [5, 5.41) is 26.6. The van der Waals surface area contributed by atoms with Gasteiger partial charge in [0.2, 0.25) is 5.91 Å². The molecule has 13 heteroatoms. The normalized spacial score (nSPS) is 29.4. The number of ether oxygens (including phenoxy) is 2. The first-order valence-electron chi connectivity index (χ1n) is 17.1. The van der Waals surface area contributed by atoms with Crippen LogP contribution < -0.4 is 15.8 Å². The number of phenols is 1. The van der Waals surface area contributed by atoms with Crippen LogP contribution in [-0.2, 0) is 41.7 Å². The Balaban J connectivity index is 1.64. The molecule has 13 nitrogen and oxygen atoms in total. The van der Waals surface area contributed by atoms with Crippen molar-refractivity contribution < 1.29 is 48.5 Å². The maximum atomic E-state index is 14.6. The molecule has 2 saturated carbocycles. The largest absolute Gasteiger partial charge is 0.507 e. The zero-order valence-corrected chi connectivity index (χ0v) is 30.3. The lowest BCUT2D eigenvalue weighted by atomic mass is 9.42. The maximum Gasteiger partial charge on any atom is 0.323 e. The highest BCUT2D eigenvalue weighted by Crippen LogP contribution is 2.62. The lowest BCUT2D eigenvalue weighted by Crippen LogP contribution is -2.79. The Morgan fingerprint density at radius 2 is 1.73 bits per heavy atom. The van der Waals surface area contributed by atoms with Crippen molar-refractivity contribution in [2.75, 3.05) is 27.8 Å². The quantitative estimate of drug-likeness (QED) is 0.207. The molecule has 2 aromatic carbocycles. The molecule has 0 spiro atoms. The molecule has 1 amide bonds. The molecular weight excluding hydrogens is 658 g/mol. The standard InChI is InChI=1S/C38H47N3O10/c1-9-51-35(48)28(18(2)3)40-16-19-10-13-24(50-8)21(14-19)20-11-12-23(42)25-22(20)15-36(4)17-37(5)31(41(6)7)30(44)26(34(39)47)32(45)38(37,49)33(46)27(36)29(25)43/h10-14,18,26-28,31,40,42,49H,9,15-17H2,1-8H3,(H2,39,47)/t26?,27?,28?,31-,36+,37+,38-/m1/s1. The SMILES string of the molecule is CCOC(=O)C(NCc1ccc(OC)c(-c2ccc(O)c3c2C[C@@]2(C)C[C@@]4(C)[C@H](N(C)C)C(=O)C(C(N)=O)C(=O)[C@@]4(O)C(=O)C2C3=O)c1)C(C)C. The highest BCUT2D eigenvalue weighted by molar-refractivity contribution is 6.33. The number of carbonyl (C=O) groups is 6. The fourth-order valence-electron chi connectivity index (χ4n) is 9.10. The summed E-state index contributed by atoms with van der Waals surface area (Å²) in [7, 11) is 4.59. The number of aromatic hydroxyl groups is 1. The predicted octanol–water partition coefficient (Wildman–Crippen LogP) is 2.00. The number of likely N-dealkylation sites (N-methyl/N-ethyl adjacent to an activating group) is 1. The van der Waals surface area contributed by atoms with Crippen molar-refractivity contribution in [3.8, 4) is 22.6 Å². The van der Waals surface area contributed by atoms with Crippen LogP contribution in [0.3, 0.4) is 0 Å². The number of rotatable bonds is 10. The van der Waals surface area contributed by atoms with Crippen molar-refractivity contribution in [2.45, 2.75) is 71.7 Å². The van der Waals surface area contributed by atoms with Crippen molar-refractivity contribution in [1.29, 1.82) is 0 Å². The summed E-state index contributed by atoms with van der Waals surface area (Å²) in [6, 6.07) is 6.63. The highest BCUT2D eigenvalue weighted by atomic mass is 16.5. The highest BCUT2D eigenvalue weighted by Gasteiger charge is 2.76. The Bertz CT molecular complexity index is 1840. The Labute approximate surface area is 296 Å². The van der Waals surface area contributed by atoms with Gasteiger partial charge in [-0.05, 0) is 80.1 Å². The Hall–Kier alpha value is -4.46. The minimum Gasteiger partial charge on any atom is -0.507 e. The zero-order chi connectivity index (χ0) is 38.0. The van der Waals surface area contributed by atoms with Crippen LogP contribution in [0.5, 0.6) is 11.5 Å². The first-order chi connectivity index (χ1) is 23.8. The Kier molecular flexibility index (Phi) is 9.83. The van der Waals surface area contributed by atoms with Gasteiger partial charge >= 0.3 is 5.97 Å². The molecule has 5 N–H and O–H groups in total. The van der Waals surface area contributed by atoms with E-state index >= 15 is 0 Å². The van der Waals surface area contributed by atoms with Crippen LogP contribution in [0.15, 0.2) is 30.3 Å². The number of amides is 1. The molecule has 2 fully saturated rings. The van der Waals surface area contributed by atoms with Gasteiger partial charge in [-0.2, -0.15) is 0 Å². The number of aliphatic hydroxyl groups is 1. The molecule has 0 bridgehead atoms. The average molecular weight is 706 g/mol. The summed E-state index contributed by atoms with van der Waals surface area (Å²) in [4.78, 5) is 83.1. The van der Waals surface area contributed by atoms with E-state index in [4.69, 9.17) is 15.2 Å². The number of esters is 1. The summed E-state index contributed by atoms with van der Waals surface area (Å²) in [5.74, 6) is -9.33. The van der Waals surface area contributed by atoms with Crippen molar-refractivity contribution in [2.24, 2.45) is 34.3 Å². The third-order valence-corrected chi connectivity index (χ3v) is 11.2. The summed E-state index contributed by atoms with van der Waals surface area (Å²) < 4.78 is 11.0. The van der Waals surface area contributed by atoms with Crippen molar-refractivity contribution in [1.82, 2.24) is 10.2 Å². The van der Waals surface area contributed by atoms with Gasteiger partial charge < -0.3 is 30.7 Å². The van der Waals surface area contributed by atoms with E-state index in [2.05, 4.69) is 5.32 Å². The summed E-state index contributed by atoms with van der Waals surface area (Å²) >= 11 is 0. The van der Waals surface area contributed by atoms with Crippen molar-refractivity contribution in [3.05, 3.63) is 47.0 Å². The van der Waals surface area contributed by atoms with Crippen LogP contribution in [0.4, 0.5) is 0 Å². The molecule has 51 heavy (non-hydrogen) atoms. The van der Waals surface area contributed by atoms with E-state index in [1.54, 1.807) is 40.1 Å². The van der Waals surface area contributed by atoms with E-state index in [0.717, 1.165) is 5.56 Å². The Morgan fingerprint density at radius 1 is 1.06 bits per heavy atom. The molecule has 2 aromatic rings. The van der Waals surface area contributed by atoms with Crippen molar-refractivity contribution in [3.63, 3.8) is 0 Å². The number of nitrogens with zero attached hydrogens (tertiary/aromatic N) is 1. The smallest absolute Gasteiger partial charge is 0.323 e. The fraction of sp³-hybridized carbons (Fsp3) is 0.526. The van der Waals surface area contributed by atoms with Gasteiger partial charge in [0.05, 0.1) is 31.2 Å². The van der Waals surface area contributed by atoms with E-state index in [1.165, 1.54) is 25.0 Å². The van der Waals surface area contributed by atoms with E-state index in [9.17, 15) is 39.0 Å². The number of hydrogen-bond acceptors (Lipinski definition) is 12. The minimum absolute atomic E-state index is 0.0472. The number of Topliss-reactive ketones (excluding diaryl/α,β-unsaturated/α-hetero) is 4. The number of phenolic OH excluding ortho intramolecular Hbond substituents is 1. The molecule has 0 aromatic heterocycles. The number of fused-ring (bicyclic) bond motifs is 3. The van der Waals surface area contributed by atoms with Crippen LogP contribution in [0, 0.1) is 28.6 Å². The lowest BCUT2D eigenvalue weighted by Gasteiger charge is -2.61. The molecule has 0 aliphatic heterocycles. The van der Waals surface area contributed by atoms with Gasteiger partial charge in [0.25, 0.3) is 0 Å². The lowest BCUT2D eigenvalue weighted by molar-refractivity contribution is -0.203. The molecule has 0 saturated heterocycles. The number of nitrogens with one attached hydrogen (secondary N) is 1. The van der Waals surface area contributed by atoms with Gasteiger partial charge in [-0.3, -0.25) is 33.7 Å². The third-order valence-electron chi connectivity index (χ3n) is 11.2. The monoisotopic (exact) mass is 705 g/mol. The molecule has 3 unspecified atom stereocenters. The van der Waals surface area contributed by atoms with Crippen LogP contribution in [0.25, 0.3) is 11.1 Å². The van der Waals surface area contributed by atoms with E-state index in [1.807, 2.05) is 26.0 Å². The number of benzene rings is 2. The van der Waals surface area contributed by atoms with Crippen LogP contribution in [-0.4, -0.2) is 95.6 Å². The number of hydrogen-bond donors (Lipinski definition) is 4. The first kappa shape index (κ1) is 37.8. The molecule has 0 heterocycles. The van der Waals surface area contributed by atoms with Crippen LogP contribution >= 0.6 is 0 Å². The summed E-state index contributed by atoms with van der Waals surface area (Å²) in [6.45, 7) is 9.28. The Morgan fingerprint density at radius 3 is 2.29 bits per heavy atom. The van der Waals surface area contributed by atoms with Crippen molar-refractivity contribution >= 4 is 35.0 Å². The van der Waals surface area contributed by atoms with Crippen LogP contribution in [0.1, 0.15) is 62.5 Å². The molecule has 274 valence electrons.